The zero-order valence-corrected chi connectivity index (χ0v) is 17.6. The van der Waals surface area contributed by atoms with Gasteiger partial charge in [-0.3, -0.25) is 0 Å². The highest BCUT2D eigenvalue weighted by atomic mass is 16.7. The Bertz CT molecular complexity index is 1200. The van der Waals surface area contributed by atoms with E-state index in [0.717, 1.165) is 47.1 Å². The second-order valence-electron chi connectivity index (χ2n) is 7.95. The molecule has 3 aromatic rings. The summed E-state index contributed by atoms with van der Waals surface area (Å²) < 4.78 is 22.8. The minimum Gasteiger partial charge on any atom is -0.493 e. The van der Waals surface area contributed by atoms with E-state index in [1.54, 1.807) is 14.2 Å². The van der Waals surface area contributed by atoms with E-state index in [1.807, 2.05) is 6.07 Å². The fraction of sp³-hybridized carbons (Fsp3) is 0.231. The van der Waals surface area contributed by atoms with Crippen molar-refractivity contribution in [1.82, 2.24) is 4.90 Å². The van der Waals surface area contributed by atoms with Crippen LogP contribution in [0.4, 0.5) is 0 Å². The number of ether oxygens (including phenoxy) is 4. The van der Waals surface area contributed by atoms with E-state index in [4.69, 9.17) is 18.9 Å². The van der Waals surface area contributed by atoms with Crippen LogP contribution in [0.5, 0.6) is 23.0 Å². The lowest BCUT2D eigenvalue weighted by molar-refractivity contribution is 0.174. The highest BCUT2D eigenvalue weighted by Crippen LogP contribution is 2.51. The molecule has 6 rings (SSSR count). The smallest absolute Gasteiger partial charge is 0.231 e. The fourth-order valence-corrected chi connectivity index (χ4v) is 5.03. The van der Waals surface area contributed by atoms with Crippen LogP contribution in [0.1, 0.15) is 33.9 Å². The summed E-state index contributed by atoms with van der Waals surface area (Å²) in [5, 5.41) is 0. The molecule has 0 amide bonds. The molecular formula is C26H23NO4. The maximum Gasteiger partial charge on any atom is 0.231 e. The van der Waals surface area contributed by atoms with Crippen LogP contribution in [0, 0.1) is 0 Å². The maximum absolute atomic E-state index is 5.88. The van der Waals surface area contributed by atoms with Crippen LogP contribution in [0.25, 0.3) is 11.8 Å². The van der Waals surface area contributed by atoms with E-state index < -0.39 is 0 Å². The largest absolute Gasteiger partial charge is 0.493 e. The summed E-state index contributed by atoms with van der Waals surface area (Å²) in [6.45, 7) is 1.19. The molecule has 5 nitrogen and oxygen atoms in total. The van der Waals surface area contributed by atoms with Crippen molar-refractivity contribution in [2.24, 2.45) is 0 Å². The number of benzene rings is 3. The molecule has 0 aromatic heterocycles. The average Bonchev–Trinajstić information content (AvgIpc) is 3.28. The Morgan fingerprint density at radius 1 is 0.935 bits per heavy atom. The molecule has 1 unspecified atom stereocenters. The van der Waals surface area contributed by atoms with E-state index in [-0.39, 0.29) is 12.8 Å². The molecule has 1 atom stereocenters. The summed E-state index contributed by atoms with van der Waals surface area (Å²) in [6, 6.07) is 19.0. The predicted octanol–water partition coefficient (Wildman–Crippen LogP) is 4.89. The monoisotopic (exact) mass is 413 g/mol. The summed E-state index contributed by atoms with van der Waals surface area (Å²) in [4.78, 5) is 2.48. The fourth-order valence-electron chi connectivity index (χ4n) is 5.03. The van der Waals surface area contributed by atoms with Crippen molar-refractivity contribution in [3.8, 4) is 23.0 Å². The van der Waals surface area contributed by atoms with Crippen LogP contribution < -0.4 is 18.9 Å². The number of hydrogen-bond acceptors (Lipinski definition) is 5. The first-order chi connectivity index (χ1) is 15.3. The summed E-state index contributed by atoms with van der Waals surface area (Å²) in [6.07, 6.45) is 3.20. The van der Waals surface area contributed by atoms with Gasteiger partial charge in [0.25, 0.3) is 0 Å². The Morgan fingerprint density at radius 2 is 1.74 bits per heavy atom. The maximum atomic E-state index is 5.88. The highest BCUT2D eigenvalue weighted by molar-refractivity contribution is 5.88. The van der Waals surface area contributed by atoms with E-state index in [0.29, 0.717) is 0 Å². The molecule has 0 aliphatic carbocycles. The standard InChI is InChI=1S/C26H23NO4/c1-28-21-9-8-18-12-20-19-14-23-22(30-15-31-23)13-17(19)10-11-27(20)25(24(18)26(21)29-2)16-6-4-3-5-7-16/h3-9,12-14,25H,10-11,15H2,1-2H3. The molecule has 0 saturated carbocycles. The van der Waals surface area contributed by atoms with Crippen molar-refractivity contribution in [1.29, 1.82) is 0 Å². The Balaban J connectivity index is 1.61. The van der Waals surface area contributed by atoms with Crippen molar-refractivity contribution >= 4 is 11.8 Å². The molecule has 0 saturated heterocycles. The minimum absolute atomic E-state index is 0.0276. The van der Waals surface area contributed by atoms with E-state index in [9.17, 15) is 0 Å². The zero-order chi connectivity index (χ0) is 20.9. The molecule has 0 N–H and O–H groups in total. The molecule has 0 fully saturated rings. The lowest BCUT2D eigenvalue weighted by atomic mass is 9.83. The minimum atomic E-state index is 0.0276. The van der Waals surface area contributed by atoms with Gasteiger partial charge in [0.2, 0.25) is 6.79 Å². The second kappa shape index (κ2) is 6.98. The number of methoxy groups -OCH3 is 2. The first-order valence-electron chi connectivity index (χ1n) is 10.5. The predicted molar refractivity (Wildman–Crippen MR) is 119 cm³/mol. The number of hydrogen-bond donors (Lipinski definition) is 0. The van der Waals surface area contributed by atoms with E-state index >= 15 is 0 Å². The van der Waals surface area contributed by atoms with Crippen LogP contribution >= 0.6 is 0 Å². The van der Waals surface area contributed by atoms with Crippen LogP contribution in [0.15, 0.2) is 54.6 Å². The molecule has 3 aromatic carbocycles. The molecule has 31 heavy (non-hydrogen) atoms. The van der Waals surface area contributed by atoms with Crippen molar-refractivity contribution in [3.05, 3.63) is 82.4 Å². The summed E-state index contributed by atoms with van der Waals surface area (Å²) in [5.74, 6) is 3.20. The summed E-state index contributed by atoms with van der Waals surface area (Å²) in [5.41, 5.74) is 7.21. The van der Waals surface area contributed by atoms with Gasteiger partial charge in [-0.2, -0.15) is 0 Å². The second-order valence-corrected chi connectivity index (χ2v) is 7.95. The first kappa shape index (κ1) is 18.2. The topological polar surface area (TPSA) is 40.2 Å². The molecular weight excluding hydrogens is 390 g/mol. The van der Waals surface area contributed by atoms with Crippen LogP contribution in [-0.2, 0) is 6.42 Å². The van der Waals surface area contributed by atoms with E-state index in [1.165, 1.54) is 22.4 Å². The Labute approximate surface area is 181 Å². The van der Waals surface area contributed by atoms with Gasteiger partial charge in [0.15, 0.2) is 23.0 Å². The molecule has 0 bridgehead atoms. The van der Waals surface area contributed by atoms with Crippen molar-refractivity contribution in [2.75, 3.05) is 27.6 Å². The van der Waals surface area contributed by atoms with Crippen molar-refractivity contribution < 1.29 is 18.9 Å². The van der Waals surface area contributed by atoms with Gasteiger partial charge in [0, 0.05) is 23.4 Å². The number of nitrogens with zero attached hydrogens (tertiary/aromatic N) is 1. The Morgan fingerprint density at radius 3 is 2.52 bits per heavy atom. The SMILES string of the molecule is COc1ccc2c(c1OC)C(c1ccccc1)N1CCc3cc4c(cc3C1=C2)OCO4. The molecule has 0 spiro atoms. The summed E-state index contributed by atoms with van der Waals surface area (Å²) in [7, 11) is 3.40. The molecule has 3 aliphatic rings. The quantitative estimate of drug-likeness (QED) is 0.611. The van der Waals surface area contributed by atoms with Gasteiger partial charge in [-0.05, 0) is 47.4 Å². The lowest BCUT2D eigenvalue weighted by Gasteiger charge is -2.43. The highest BCUT2D eigenvalue weighted by Gasteiger charge is 2.37. The van der Waals surface area contributed by atoms with Gasteiger partial charge in [0.1, 0.15) is 0 Å². The number of rotatable bonds is 3. The third-order valence-corrected chi connectivity index (χ3v) is 6.42. The molecule has 5 heteroatoms. The summed E-state index contributed by atoms with van der Waals surface area (Å²) >= 11 is 0. The van der Waals surface area contributed by atoms with Gasteiger partial charge in [-0.1, -0.05) is 36.4 Å². The Kier molecular flexibility index (Phi) is 4.10. The van der Waals surface area contributed by atoms with Gasteiger partial charge in [0.05, 0.1) is 20.3 Å². The van der Waals surface area contributed by atoms with E-state index in [2.05, 4.69) is 59.5 Å². The molecule has 3 heterocycles. The Hall–Kier alpha value is -3.60. The third kappa shape index (κ3) is 2.69. The average molecular weight is 413 g/mol. The van der Waals surface area contributed by atoms with Crippen LogP contribution in [0.3, 0.4) is 0 Å². The number of fused-ring (bicyclic) bond motifs is 5. The van der Waals surface area contributed by atoms with Crippen LogP contribution in [0.2, 0.25) is 0 Å². The van der Waals surface area contributed by atoms with Gasteiger partial charge in [-0.25, -0.2) is 0 Å². The zero-order valence-electron chi connectivity index (χ0n) is 17.6. The molecule has 3 aliphatic heterocycles. The van der Waals surface area contributed by atoms with Crippen molar-refractivity contribution in [3.63, 3.8) is 0 Å². The third-order valence-electron chi connectivity index (χ3n) is 6.42. The molecule has 0 radical (unpaired) electrons. The van der Waals surface area contributed by atoms with Crippen LogP contribution in [-0.4, -0.2) is 32.5 Å². The van der Waals surface area contributed by atoms with Crippen molar-refractivity contribution in [2.45, 2.75) is 12.5 Å². The first-order valence-corrected chi connectivity index (χ1v) is 10.5. The van der Waals surface area contributed by atoms with Gasteiger partial charge in [-0.15, -0.1) is 0 Å². The molecule has 156 valence electrons. The van der Waals surface area contributed by atoms with Gasteiger partial charge < -0.3 is 23.8 Å². The van der Waals surface area contributed by atoms with Gasteiger partial charge >= 0.3 is 0 Å². The normalized spacial score (nSPS) is 17.9. The lowest BCUT2D eigenvalue weighted by Crippen LogP contribution is -2.36.